The average molecular weight is 413 g/mol. The first-order valence-electron chi connectivity index (χ1n) is 11.8. The summed E-state index contributed by atoms with van der Waals surface area (Å²) in [5.41, 5.74) is 0. The van der Waals surface area contributed by atoms with Crippen LogP contribution >= 0.6 is 0 Å². The Morgan fingerprint density at radius 1 is 0.724 bits per heavy atom. The third-order valence-electron chi connectivity index (χ3n) is 5.41. The molecule has 5 heteroatoms. The number of aliphatic hydroxyl groups excluding tert-OH is 2. The summed E-state index contributed by atoms with van der Waals surface area (Å²) in [5.74, 6) is -3.52. The van der Waals surface area contributed by atoms with Crippen molar-refractivity contribution in [2.75, 3.05) is 0 Å². The normalized spacial score (nSPS) is 14.0. The number of aliphatic hydroxyl groups is 2. The summed E-state index contributed by atoms with van der Waals surface area (Å²) in [6.07, 6.45) is 15.6. The average Bonchev–Trinajstić information content (AvgIpc) is 2.66. The van der Waals surface area contributed by atoms with E-state index in [1.807, 2.05) is 0 Å². The molecule has 0 aromatic rings. The minimum absolute atomic E-state index is 0.273. The third-order valence-corrected chi connectivity index (χ3v) is 5.41. The predicted octanol–water partition coefficient (Wildman–Crippen LogP) is 6.34. The number of hydrogen-bond acceptors (Lipinski definition) is 4. The van der Waals surface area contributed by atoms with Crippen molar-refractivity contribution < 1.29 is 24.9 Å². The zero-order chi connectivity index (χ0) is 21.9. The summed E-state index contributed by atoms with van der Waals surface area (Å²) in [6.45, 7) is 4.34. The largest absolute Gasteiger partial charge is 0.511 e. The van der Waals surface area contributed by atoms with Crippen molar-refractivity contribution >= 4 is 11.8 Å². The van der Waals surface area contributed by atoms with E-state index >= 15 is 0 Å². The van der Waals surface area contributed by atoms with Gasteiger partial charge in [-0.15, -0.1) is 0 Å². The molecule has 0 saturated carbocycles. The van der Waals surface area contributed by atoms with Gasteiger partial charge in [-0.3, -0.25) is 9.59 Å². The summed E-state index contributed by atoms with van der Waals surface area (Å²) in [7, 11) is 0. The Labute approximate surface area is 177 Å². The van der Waals surface area contributed by atoms with Gasteiger partial charge in [0.25, 0.3) is 0 Å². The van der Waals surface area contributed by atoms with E-state index in [0.29, 0.717) is 12.8 Å². The lowest BCUT2D eigenvalue weighted by molar-refractivity contribution is -0.145. The third kappa shape index (κ3) is 15.2. The molecule has 170 valence electrons. The first kappa shape index (κ1) is 27.6. The number of unbranched alkanes of at least 4 members (excludes halogenated alkanes) is 12. The van der Waals surface area contributed by atoms with Gasteiger partial charge in [-0.25, -0.2) is 0 Å². The van der Waals surface area contributed by atoms with Crippen LogP contribution in [0.4, 0.5) is 0 Å². The Hall–Kier alpha value is -1.36. The quantitative estimate of drug-likeness (QED) is 0.123. The lowest BCUT2D eigenvalue weighted by Crippen LogP contribution is -2.30. The van der Waals surface area contributed by atoms with E-state index in [4.69, 9.17) is 0 Å². The second-order valence-electron chi connectivity index (χ2n) is 8.20. The number of carboxylic acid groups (broad SMARTS) is 1. The smallest absolute Gasteiger partial charge is 0.316 e. The Morgan fingerprint density at radius 2 is 1.17 bits per heavy atom. The molecule has 3 N–H and O–H groups in total. The number of carbonyl (C=O) groups is 2. The fourth-order valence-corrected chi connectivity index (χ4v) is 3.55. The molecule has 0 aliphatic carbocycles. The van der Waals surface area contributed by atoms with Gasteiger partial charge in [0.1, 0.15) is 11.7 Å². The minimum atomic E-state index is -1.42. The molecule has 2 atom stereocenters. The molecule has 0 amide bonds. The van der Waals surface area contributed by atoms with Crippen LogP contribution in [-0.4, -0.2) is 33.2 Å². The Morgan fingerprint density at radius 3 is 1.66 bits per heavy atom. The van der Waals surface area contributed by atoms with Gasteiger partial charge in [0, 0.05) is 12.5 Å². The van der Waals surface area contributed by atoms with Crippen molar-refractivity contribution in [2.45, 2.75) is 123 Å². The first-order chi connectivity index (χ1) is 13.9. The van der Waals surface area contributed by atoms with Crippen molar-refractivity contribution in [3.8, 4) is 0 Å². The highest BCUT2D eigenvalue weighted by molar-refractivity contribution is 5.91. The van der Waals surface area contributed by atoms with Crippen LogP contribution in [0.2, 0.25) is 0 Å². The number of allylic oxidation sites excluding steroid dienone is 1. The molecule has 0 aliphatic rings. The number of carbonyl (C=O) groups excluding carboxylic acids is 1. The molecular weight excluding hydrogens is 368 g/mol. The van der Waals surface area contributed by atoms with Gasteiger partial charge in [0.05, 0.1) is 6.10 Å². The Kier molecular flexibility index (Phi) is 17.8. The van der Waals surface area contributed by atoms with Crippen molar-refractivity contribution in [3.05, 3.63) is 11.8 Å². The van der Waals surface area contributed by atoms with Crippen LogP contribution < -0.4 is 0 Å². The second kappa shape index (κ2) is 18.7. The molecule has 0 aliphatic heterocycles. The molecule has 0 saturated heterocycles. The summed E-state index contributed by atoms with van der Waals surface area (Å²) in [6, 6.07) is 0. The van der Waals surface area contributed by atoms with Gasteiger partial charge < -0.3 is 15.3 Å². The van der Waals surface area contributed by atoms with E-state index in [1.165, 1.54) is 44.9 Å². The molecular formula is C24H44O5. The molecule has 0 aromatic heterocycles. The van der Waals surface area contributed by atoms with E-state index in [2.05, 4.69) is 13.8 Å². The van der Waals surface area contributed by atoms with E-state index in [9.17, 15) is 24.9 Å². The molecule has 0 heterocycles. The van der Waals surface area contributed by atoms with Crippen LogP contribution in [0.1, 0.15) is 117 Å². The lowest BCUT2D eigenvalue weighted by Gasteiger charge is -2.18. The molecule has 0 fully saturated rings. The summed E-state index contributed by atoms with van der Waals surface area (Å²) >= 11 is 0. The maximum Gasteiger partial charge on any atom is 0.316 e. The first-order valence-corrected chi connectivity index (χ1v) is 11.8. The van der Waals surface area contributed by atoms with Crippen LogP contribution in [0.15, 0.2) is 11.8 Å². The Balaban J connectivity index is 4.25. The Bertz CT molecular complexity index is 458. The zero-order valence-corrected chi connectivity index (χ0v) is 18.7. The molecule has 2 unspecified atom stereocenters. The monoisotopic (exact) mass is 412 g/mol. The molecule has 0 radical (unpaired) electrons. The van der Waals surface area contributed by atoms with Gasteiger partial charge in [-0.2, -0.15) is 0 Å². The zero-order valence-electron chi connectivity index (χ0n) is 18.7. The van der Waals surface area contributed by atoms with Gasteiger partial charge in [0.2, 0.25) is 0 Å². The lowest BCUT2D eigenvalue weighted by atomic mass is 9.94. The predicted molar refractivity (Wildman–Crippen MR) is 118 cm³/mol. The minimum Gasteiger partial charge on any atom is -0.511 e. The van der Waals surface area contributed by atoms with Crippen molar-refractivity contribution in [1.82, 2.24) is 0 Å². The van der Waals surface area contributed by atoms with Gasteiger partial charge in [0.15, 0.2) is 5.78 Å². The van der Waals surface area contributed by atoms with E-state index in [-0.39, 0.29) is 5.78 Å². The maximum atomic E-state index is 12.0. The fraction of sp³-hybridized carbons (Fsp3) is 0.833. The fourth-order valence-electron chi connectivity index (χ4n) is 3.55. The van der Waals surface area contributed by atoms with Gasteiger partial charge >= 0.3 is 5.97 Å². The highest BCUT2D eigenvalue weighted by Crippen LogP contribution is 2.20. The standard InChI is InChI=1S/C24H44O5/c1-3-5-7-9-11-13-15-17-20(25)19-22(27)23(24(28)29)21(26)18-16-14-12-10-8-6-4-2/h19,21,23,26-27H,3-18H2,1-2H3,(H,28,29). The van der Waals surface area contributed by atoms with Crippen molar-refractivity contribution in [3.63, 3.8) is 0 Å². The van der Waals surface area contributed by atoms with Gasteiger partial charge in [-0.1, -0.05) is 97.3 Å². The molecule has 0 bridgehead atoms. The van der Waals surface area contributed by atoms with Crippen LogP contribution in [0.25, 0.3) is 0 Å². The van der Waals surface area contributed by atoms with Crippen molar-refractivity contribution in [1.29, 1.82) is 0 Å². The number of aliphatic carboxylic acids is 1. The maximum absolute atomic E-state index is 12.0. The number of rotatable bonds is 20. The molecule has 0 rings (SSSR count). The molecule has 5 nitrogen and oxygen atoms in total. The van der Waals surface area contributed by atoms with E-state index < -0.39 is 23.8 Å². The summed E-state index contributed by atoms with van der Waals surface area (Å²) in [5, 5.41) is 29.7. The summed E-state index contributed by atoms with van der Waals surface area (Å²) in [4.78, 5) is 23.5. The second-order valence-corrected chi connectivity index (χ2v) is 8.20. The number of hydrogen-bond donors (Lipinski definition) is 3. The van der Waals surface area contributed by atoms with E-state index in [0.717, 1.165) is 51.0 Å². The molecule has 29 heavy (non-hydrogen) atoms. The summed E-state index contributed by atoms with van der Waals surface area (Å²) < 4.78 is 0. The van der Waals surface area contributed by atoms with E-state index in [1.54, 1.807) is 0 Å². The number of ketones is 1. The van der Waals surface area contributed by atoms with Crippen LogP contribution in [0, 0.1) is 5.92 Å². The highest BCUT2D eigenvalue weighted by Gasteiger charge is 2.30. The topological polar surface area (TPSA) is 94.8 Å². The number of carboxylic acids is 1. The van der Waals surface area contributed by atoms with Crippen LogP contribution in [0.5, 0.6) is 0 Å². The highest BCUT2D eigenvalue weighted by atomic mass is 16.4. The SMILES string of the molecule is CCCCCCCCCC(=O)C=C(O)C(C(=O)O)C(O)CCCCCCCCC. The van der Waals surface area contributed by atoms with Crippen LogP contribution in [-0.2, 0) is 9.59 Å². The van der Waals surface area contributed by atoms with Crippen LogP contribution in [0.3, 0.4) is 0 Å². The van der Waals surface area contributed by atoms with Crippen molar-refractivity contribution in [2.24, 2.45) is 5.92 Å². The molecule has 0 spiro atoms. The molecule has 0 aromatic carbocycles. The van der Waals surface area contributed by atoms with Gasteiger partial charge in [-0.05, 0) is 12.8 Å².